The third-order valence-corrected chi connectivity index (χ3v) is 5.03. The van der Waals surface area contributed by atoms with Gasteiger partial charge in [0.1, 0.15) is 0 Å². The van der Waals surface area contributed by atoms with Crippen molar-refractivity contribution in [3.8, 4) is 11.5 Å². The molecule has 3 rings (SSSR count). The molecule has 1 unspecified atom stereocenters. The van der Waals surface area contributed by atoms with Gasteiger partial charge in [-0.05, 0) is 19.4 Å². The maximum Gasteiger partial charge on any atom is 0.414 e. The van der Waals surface area contributed by atoms with Crippen molar-refractivity contribution < 1.29 is 34.0 Å². The Bertz CT molecular complexity index is 810. The zero-order chi connectivity index (χ0) is 21.1. The van der Waals surface area contributed by atoms with Gasteiger partial charge in [-0.2, -0.15) is 0 Å². The maximum atomic E-state index is 13.1. The Morgan fingerprint density at radius 2 is 2.07 bits per heavy atom. The number of aliphatic hydroxyl groups excluding tert-OH is 1. The molecule has 0 aliphatic carbocycles. The zero-order valence-electron chi connectivity index (χ0n) is 16.6. The topological polar surface area (TPSA) is 109 Å². The molecule has 1 saturated heterocycles. The first kappa shape index (κ1) is 20.9. The summed E-state index contributed by atoms with van der Waals surface area (Å²) < 4.78 is 16.4. The number of carboxylic acid groups (broad SMARTS) is 1. The molecule has 9 nitrogen and oxygen atoms in total. The Balaban J connectivity index is 2.00. The quantitative estimate of drug-likeness (QED) is 0.527. The predicted molar refractivity (Wildman–Crippen MR) is 105 cm³/mol. The molecule has 2 atom stereocenters. The van der Waals surface area contributed by atoms with E-state index >= 15 is 0 Å². The average Bonchev–Trinajstić information content (AvgIpc) is 3.05. The zero-order valence-corrected chi connectivity index (χ0v) is 16.6. The summed E-state index contributed by atoms with van der Waals surface area (Å²) in [4.78, 5) is 27.4. The van der Waals surface area contributed by atoms with Crippen LogP contribution in [-0.2, 0) is 4.74 Å². The van der Waals surface area contributed by atoms with Crippen LogP contribution in [0.2, 0.25) is 0 Å². The molecule has 1 fully saturated rings. The van der Waals surface area contributed by atoms with Crippen molar-refractivity contribution >= 4 is 17.7 Å². The summed E-state index contributed by atoms with van der Waals surface area (Å²) in [6.45, 7) is 7.52. The highest BCUT2D eigenvalue weighted by Crippen LogP contribution is 2.41. The molecule has 2 heterocycles. The minimum atomic E-state index is -1.42. The van der Waals surface area contributed by atoms with Crippen LogP contribution in [-0.4, -0.2) is 72.9 Å². The number of carbonyl (C=O) groups excluding carboxylic acids is 1. The molecule has 2 N–H and O–H groups in total. The van der Waals surface area contributed by atoms with Crippen molar-refractivity contribution in [2.24, 2.45) is 0 Å². The van der Waals surface area contributed by atoms with Crippen LogP contribution in [0.15, 0.2) is 24.3 Å². The van der Waals surface area contributed by atoms with Gasteiger partial charge >= 0.3 is 6.09 Å². The lowest BCUT2D eigenvalue weighted by atomic mass is 10.1. The van der Waals surface area contributed by atoms with Gasteiger partial charge in [-0.3, -0.25) is 4.79 Å². The number of carbonyl (C=O) groups is 2. The molecule has 1 aromatic carbocycles. The monoisotopic (exact) mass is 406 g/mol. The van der Waals surface area contributed by atoms with Gasteiger partial charge < -0.3 is 29.3 Å². The Hall–Kier alpha value is -2.78. The fraction of sp³-hybridized carbons (Fsp3) is 0.500. The molecule has 29 heavy (non-hydrogen) atoms. The normalized spacial score (nSPS) is 20.9. The van der Waals surface area contributed by atoms with Crippen molar-refractivity contribution in [1.29, 1.82) is 0 Å². The third-order valence-electron chi connectivity index (χ3n) is 5.03. The SMILES string of the molecule is C=C1C[C@H]2C(O)N(C(=O)O)c3cc(OCCCOCC)c(OC)cc3C(=O)N2C1. The molecule has 2 aliphatic rings. The number of aliphatic hydroxyl groups is 1. The van der Waals surface area contributed by atoms with Gasteiger partial charge in [-0.25, -0.2) is 9.69 Å². The van der Waals surface area contributed by atoms with Crippen molar-refractivity contribution in [3.63, 3.8) is 0 Å². The average molecular weight is 406 g/mol. The number of amides is 2. The van der Waals surface area contributed by atoms with Crippen LogP contribution < -0.4 is 14.4 Å². The van der Waals surface area contributed by atoms with E-state index in [1.54, 1.807) is 0 Å². The van der Waals surface area contributed by atoms with Crippen molar-refractivity contribution in [3.05, 3.63) is 29.8 Å². The first-order valence-corrected chi connectivity index (χ1v) is 9.49. The molecular formula is C20H26N2O7. The van der Waals surface area contributed by atoms with Gasteiger partial charge in [0, 0.05) is 32.2 Å². The number of rotatable bonds is 7. The number of methoxy groups -OCH3 is 1. The second kappa shape index (κ2) is 8.71. The van der Waals surface area contributed by atoms with E-state index in [1.807, 2.05) is 6.92 Å². The van der Waals surface area contributed by atoms with Crippen LogP contribution in [0.1, 0.15) is 30.1 Å². The van der Waals surface area contributed by atoms with Crippen LogP contribution >= 0.6 is 0 Å². The molecule has 9 heteroatoms. The number of hydrogen-bond acceptors (Lipinski definition) is 6. The van der Waals surface area contributed by atoms with E-state index in [1.165, 1.54) is 24.1 Å². The lowest BCUT2D eigenvalue weighted by Crippen LogP contribution is -2.50. The predicted octanol–water partition coefficient (Wildman–Crippen LogP) is 2.09. The highest BCUT2D eigenvalue weighted by Gasteiger charge is 2.45. The lowest BCUT2D eigenvalue weighted by Gasteiger charge is -2.30. The van der Waals surface area contributed by atoms with E-state index in [0.717, 1.165) is 10.5 Å². The first-order valence-electron chi connectivity index (χ1n) is 9.49. The van der Waals surface area contributed by atoms with Gasteiger partial charge in [0.15, 0.2) is 17.7 Å². The molecule has 2 aliphatic heterocycles. The highest BCUT2D eigenvalue weighted by atomic mass is 16.5. The largest absolute Gasteiger partial charge is 0.493 e. The van der Waals surface area contributed by atoms with Gasteiger partial charge in [0.25, 0.3) is 5.91 Å². The first-order chi connectivity index (χ1) is 13.9. The lowest BCUT2D eigenvalue weighted by molar-refractivity contribution is 0.0511. The highest BCUT2D eigenvalue weighted by molar-refractivity contribution is 6.05. The Morgan fingerprint density at radius 1 is 1.31 bits per heavy atom. The number of anilines is 1. The number of benzene rings is 1. The smallest absolute Gasteiger partial charge is 0.414 e. The van der Waals surface area contributed by atoms with Crippen LogP contribution in [0.5, 0.6) is 11.5 Å². The van der Waals surface area contributed by atoms with E-state index in [0.29, 0.717) is 44.2 Å². The van der Waals surface area contributed by atoms with Gasteiger partial charge in [-0.1, -0.05) is 12.2 Å². The van der Waals surface area contributed by atoms with Gasteiger partial charge in [0.05, 0.1) is 31.0 Å². The van der Waals surface area contributed by atoms with Gasteiger partial charge in [0.2, 0.25) is 0 Å². The number of nitrogens with zero attached hydrogens (tertiary/aromatic N) is 2. The maximum absolute atomic E-state index is 13.1. The number of hydrogen-bond donors (Lipinski definition) is 2. The fourth-order valence-electron chi connectivity index (χ4n) is 3.68. The summed E-state index contributed by atoms with van der Waals surface area (Å²) in [5, 5.41) is 20.6. The van der Waals surface area contributed by atoms with Crippen molar-refractivity contribution in [1.82, 2.24) is 4.90 Å². The summed E-state index contributed by atoms with van der Waals surface area (Å²) in [5.74, 6) is 0.220. The summed E-state index contributed by atoms with van der Waals surface area (Å²) in [6.07, 6.45) is -1.81. The van der Waals surface area contributed by atoms with Crippen molar-refractivity contribution in [2.75, 3.05) is 38.4 Å². The molecule has 0 spiro atoms. The fourth-order valence-corrected chi connectivity index (χ4v) is 3.68. The standard InChI is InChI=1S/C20H26N2O7/c1-4-28-6-5-7-29-17-10-14-13(9-16(17)27-3)18(23)21-11-12(2)8-15(21)19(24)22(14)20(25)26/h9-10,15,19,24H,2,4-8,11H2,1,3H3,(H,25,26)/t15-,19?/m0/s1. The van der Waals surface area contributed by atoms with E-state index in [4.69, 9.17) is 14.2 Å². The van der Waals surface area contributed by atoms with E-state index in [9.17, 15) is 19.8 Å². The molecule has 0 aromatic heterocycles. The Labute approximate surface area is 169 Å². The van der Waals surface area contributed by atoms with Crippen LogP contribution in [0.3, 0.4) is 0 Å². The van der Waals surface area contributed by atoms with Crippen LogP contribution in [0.4, 0.5) is 10.5 Å². The molecule has 2 amide bonds. The summed E-state index contributed by atoms with van der Waals surface area (Å²) >= 11 is 0. The molecule has 0 radical (unpaired) electrons. The number of ether oxygens (including phenoxy) is 3. The summed E-state index contributed by atoms with van der Waals surface area (Å²) in [6, 6.07) is 2.20. The third kappa shape index (κ3) is 4.01. The van der Waals surface area contributed by atoms with E-state index in [-0.39, 0.29) is 23.7 Å². The Kier molecular flexibility index (Phi) is 6.29. The molecule has 158 valence electrons. The van der Waals surface area contributed by atoms with E-state index in [2.05, 4.69) is 6.58 Å². The number of fused-ring (bicyclic) bond motifs is 2. The second-order valence-electron chi connectivity index (χ2n) is 6.94. The molecular weight excluding hydrogens is 380 g/mol. The molecule has 0 saturated carbocycles. The minimum absolute atomic E-state index is 0.0654. The van der Waals surface area contributed by atoms with Gasteiger partial charge in [-0.15, -0.1) is 0 Å². The minimum Gasteiger partial charge on any atom is -0.493 e. The van der Waals surface area contributed by atoms with E-state index < -0.39 is 18.4 Å². The van der Waals surface area contributed by atoms with Crippen molar-refractivity contribution in [2.45, 2.75) is 32.0 Å². The second-order valence-corrected chi connectivity index (χ2v) is 6.94. The molecule has 0 bridgehead atoms. The molecule has 1 aromatic rings. The summed E-state index contributed by atoms with van der Waals surface area (Å²) in [7, 11) is 1.44. The Morgan fingerprint density at radius 3 is 2.72 bits per heavy atom. The summed E-state index contributed by atoms with van der Waals surface area (Å²) in [5.41, 5.74) is 0.954. The van der Waals surface area contributed by atoms with Crippen LogP contribution in [0.25, 0.3) is 0 Å². The van der Waals surface area contributed by atoms with Crippen LogP contribution in [0, 0.1) is 0 Å².